The first kappa shape index (κ1) is 17.8. The van der Waals surface area contributed by atoms with Gasteiger partial charge >= 0.3 is 6.03 Å². The van der Waals surface area contributed by atoms with Crippen LogP contribution in [0, 0.1) is 13.8 Å². The number of amides is 2. The predicted molar refractivity (Wildman–Crippen MR) is 93.2 cm³/mol. The molecule has 0 aliphatic heterocycles. The lowest BCUT2D eigenvalue weighted by Gasteiger charge is -2.23. The Kier molecular flexibility index (Phi) is 6.60. The van der Waals surface area contributed by atoms with E-state index in [0.29, 0.717) is 31.2 Å². The van der Waals surface area contributed by atoms with Gasteiger partial charge in [-0.1, -0.05) is 17.3 Å². The van der Waals surface area contributed by atoms with Crippen molar-refractivity contribution < 1.29 is 9.32 Å². The molecule has 2 amide bonds. The molecule has 130 valence electrons. The van der Waals surface area contributed by atoms with Crippen molar-refractivity contribution in [3.63, 3.8) is 0 Å². The molecule has 2 N–H and O–H groups in total. The minimum absolute atomic E-state index is 0.188. The van der Waals surface area contributed by atoms with Gasteiger partial charge in [-0.15, -0.1) is 0 Å². The van der Waals surface area contributed by atoms with E-state index in [9.17, 15) is 4.79 Å². The van der Waals surface area contributed by atoms with Gasteiger partial charge in [0.1, 0.15) is 0 Å². The molecule has 7 heteroatoms. The van der Waals surface area contributed by atoms with E-state index in [1.807, 2.05) is 6.07 Å². The first-order valence-electron chi connectivity index (χ1n) is 8.21. The van der Waals surface area contributed by atoms with Crippen LogP contribution in [0.15, 0.2) is 28.8 Å². The first-order chi connectivity index (χ1) is 11.6. The number of hydrogen-bond acceptors (Lipinski definition) is 5. The summed E-state index contributed by atoms with van der Waals surface area (Å²) in [5.41, 5.74) is 2.40. The van der Waals surface area contributed by atoms with E-state index < -0.39 is 0 Å². The van der Waals surface area contributed by atoms with Gasteiger partial charge in [-0.2, -0.15) is 4.98 Å². The maximum Gasteiger partial charge on any atom is 0.314 e. The summed E-state index contributed by atoms with van der Waals surface area (Å²) in [6, 6.07) is 8.17. The quantitative estimate of drug-likeness (QED) is 0.773. The molecule has 0 bridgehead atoms. The molecule has 0 spiro atoms. The van der Waals surface area contributed by atoms with Crippen LogP contribution in [-0.4, -0.2) is 42.4 Å². The van der Waals surface area contributed by atoms with Crippen molar-refractivity contribution in [3.8, 4) is 0 Å². The molecule has 0 saturated carbocycles. The molecule has 0 aliphatic carbocycles. The average Bonchev–Trinajstić information content (AvgIpc) is 2.97. The van der Waals surface area contributed by atoms with Gasteiger partial charge in [-0.05, 0) is 38.5 Å². The summed E-state index contributed by atoms with van der Waals surface area (Å²) in [4.78, 5) is 18.1. The second-order valence-corrected chi connectivity index (χ2v) is 5.59. The number of nitrogens with zero attached hydrogens (tertiary/aromatic N) is 3. The molecule has 1 aromatic carbocycles. The van der Waals surface area contributed by atoms with Crippen LogP contribution < -0.4 is 15.5 Å². The molecule has 0 aliphatic rings. The summed E-state index contributed by atoms with van der Waals surface area (Å²) < 4.78 is 4.99. The van der Waals surface area contributed by atoms with Crippen molar-refractivity contribution in [3.05, 3.63) is 41.5 Å². The Morgan fingerprint density at radius 2 is 2.04 bits per heavy atom. The van der Waals surface area contributed by atoms with E-state index >= 15 is 0 Å². The van der Waals surface area contributed by atoms with Gasteiger partial charge in [0.15, 0.2) is 5.82 Å². The monoisotopic (exact) mass is 331 g/mol. The number of carbonyl (C=O) groups is 1. The Morgan fingerprint density at radius 1 is 1.25 bits per heavy atom. The zero-order chi connectivity index (χ0) is 17.4. The molecule has 24 heavy (non-hydrogen) atoms. The van der Waals surface area contributed by atoms with Crippen LogP contribution >= 0.6 is 0 Å². The lowest BCUT2D eigenvalue weighted by Crippen LogP contribution is -2.41. The van der Waals surface area contributed by atoms with E-state index in [4.69, 9.17) is 4.52 Å². The summed E-state index contributed by atoms with van der Waals surface area (Å²) in [7, 11) is 0. The van der Waals surface area contributed by atoms with Crippen molar-refractivity contribution in [2.45, 2.75) is 27.2 Å². The summed E-state index contributed by atoms with van der Waals surface area (Å²) in [5.74, 6) is 1.13. The SMILES string of the molecule is CCN(CCNC(=O)NCCc1nc(C)no1)c1cccc(C)c1. The smallest absolute Gasteiger partial charge is 0.314 e. The Hall–Kier alpha value is -2.57. The number of aryl methyl sites for hydroxylation is 2. The summed E-state index contributed by atoms with van der Waals surface area (Å²) >= 11 is 0. The molecule has 1 aromatic heterocycles. The zero-order valence-corrected chi connectivity index (χ0v) is 14.5. The fourth-order valence-electron chi connectivity index (χ4n) is 2.39. The average molecular weight is 331 g/mol. The molecule has 0 unspecified atom stereocenters. The topological polar surface area (TPSA) is 83.3 Å². The third-order valence-corrected chi connectivity index (χ3v) is 3.61. The molecule has 7 nitrogen and oxygen atoms in total. The van der Waals surface area contributed by atoms with Crippen molar-refractivity contribution in [2.24, 2.45) is 0 Å². The van der Waals surface area contributed by atoms with Gasteiger partial charge in [-0.25, -0.2) is 4.79 Å². The highest BCUT2D eigenvalue weighted by molar-refractivity contribution is 5.73. The lowest BCUT2D eigenvalue weighted by molar-refractivity contribution is 0.241. The second kappa shape index (κ2) is 8.90. The maximum atomic E-state index is 11.8. The van der Waals surface area contributed by atoms with Crippen LogP contribution in [0.25, 0.3) is 0 Å². The lowest BCUT2D eigenvalue weighted by atomic mass is 10.2. The van der Waals surface area contributed by atoms with E-state index in [2.05, 4.69) is 57.7 Å². The van der Waals surface area contributed by atoms with Crippen LogP contribution in [0.1, 0.15) is 24.2 Å². The Bertz CT molecular complexity index is 656. The molecule has 2 aromatic rings. The molecule has 1 heterocycles. The van der Waals surface area contributed by atoms with Crippen LogP contribution in [0.5, 0.6) is 0 Å². The minimum atomic E-state index is -0.188. The summed E-state index contributed by atoms with van der Waals surface area (Å²) in [6.45, 7) is 8.64. The van der Waals surface area contributed by atoms with Gasteiger partial charge in [0, 0.05) is 38.3 Å². The van der Waals surface area contributed by atoms with Gasteiger partial charge in [-0.3, -0.25) is 0 Å². The van der Waals surface area contributed by atoms with E-state index in [-0.39, 0.29) is 6.03 Å². The highest BCUT2D eigenvalue weighted by Gasteiger charge is 2.07. The fourth-order valence-corrected chi connectivity index (χ4v) is 2.39. The second-order valence-electron chi connectivity index (χ2n) is 5.59. The van der Waals surface area contributed by atoms with Gasteiger partial charge in [0.25, 0.3) is 0 Å². The Labute approximate surface area is 142 Å². The molecule has 2 rings (SSSR count). The Morgan fingerprint density at radius 3 is 2.71 bits per heavy atom. The van der Waals surface area contributed by atoms with Crippen molar-refractivity contribution >= 4 is 11.7 Å². The third kappa shape index (κ3) is 5.57. The van der Waals surface area contributed by atoms with Crippen molar-refractivity contribution in [2.75, 3.05) is 31.1 Å². The van der Waals surface area contributed by atoms with Crippen LogP contribution in [0.3, 0.4) is 0 Å². The predicted octanol–water partition coefficient (Wildman–Crippen LogP) is 2.05. The number of hydrogen-bond donors (Lipinski definition) is 2. The summed E-state index contributed by atoms with van der Waals surface area (Å²) in [6.07, 6.45) is 0.526. The van der Waals surface area contributed by atoms with Gasteiger partial charge in [0.05, 0.1) is 0 Å². The number of rotatable bonds is 8. The highest BCUT2D eigenvalue weighted by atomic mass is 16.5. The number of nitrogens with one attached hydrogen (secondary N) is 2. The number of benzene rings is 1. The van der Waals surface area contributed by atoms with Gasteiger partial charge < -0.3 is 20.1 Å². The highest BCUT2D eigenvalue weighted by Crippen LogP contribution is 2.14. The normalized spacial score (nSPS) is 10.5. The standard InChI is InChI=1S/C17H25N5O2/c1-4-22(15-7-5-6-13(2)12-15)11-10-19-17(23)18-9-8-16-20-14(3)21-24-16/h5-7,12H,4,8-11H2,1-3H3,(H2,18,19,23). The third-order valence-electron chi connectivity index (χ3n) is 3.61. The molecule has 0 saturated heterocycles. The molecular formula is C17H25N5O2. The van der Waals surface area contributed by atoms with Crippen molar-refractivity contribution in [1.82, 2.24) is 20.8 Å². The van der Waals surface area contributed by atoms with E-state index in [0.717, 1.165) is 13.1 Å². The number of anilines is 1. The Balaban J connectivity index is 1.67. The molecule has 0 fully saturated rings. The number of carbonyl (C=O) groups excluding carboxylic acids is 1. The molecule has 0 radical (unpaired) electrons. The number of aromatic nitrogens is 2. The van der Waals surface area contributed by atoms with Crippen LogP contribution in [-0.2, 0) is 6.42 Å². The van der Waals surface area contributed by atoms with Crippen LogP contribution in [0.4, 0.5) is 10.5 Å². The van der Waals surface area contributed by atoms with Crippen LogP contribution in [0.2, 0.25) is 0 Å². The van der Waals surface area contributed by atoms with Crippen molar-refractivity contribution in [1.29, 1.82) is 0 Å². The number of urea groups is 1. The minimum Gasteiger partial charge on any atom is -0.370 e. The van der Waals surface area contributed by atoms with E-state index in [1.165, 1.54) is 11.3 Å². The molecule has 0 atom stereocenters. The fraction of sp³-hybridized carbons (Fsp3) is 0.471. The van der Waals surface area contributed by atoms with Gasteiger partial charge in [0.2, 0.25) is 5.89 Å². The largest absolute Gasteiger partial charge is 0.370 e. The summed E-state index contributed by atoms with van der Waals surface area (Å²) in [5, 5.41) is 9.36. The number of likely N-dealkylation sites (N-methyl/N-ethyl adjacent to an activating group) is 1. The molecular weight excluding hydrogens is 306 g/mol. The maximum absolute atomic E-state index is 11.8. The first-order valence-corrected chi connectivity index (χ1v) is 8.21. The zero-order valence-electron chi connectivity index (χ0n) is 14.5. The van der Waals surface area contributed by atoms with E-state index in [1.54, 1.807) is 6.92 Å².